The minimum absolute atomic E-state index is 0.0236. The van der Waals surface area contributed by atoms with E-state index in [2.05, 4.69) is 13.8 Å². The predicted octanol–water partition coefficient (Wildman–Crippen LogP) is 11.2. The normalized spacial score (nSPS) is 43.5. The molecule has 4 aliphatic carbocycles. The van der Waals surface area contributed by atoms with E-state index in [1.165, 1.54) is 83.5 Å². The summed E-state index contributed by atoms with van der Waals surface area (Å²) in [6.45, 7) is 4.55. The van der Waals surface area contributed by atoms with Crippen LogP contribution >= 0.6 is 0 Å². The van der Waals surface area contributed by atoms with Crippen molar-refractivity contribution in [2.75, 3.05) is 0 Å². The lowest BCUT2D eigenvalue weighted by Crippen LogP contribution is -2.42. The second kappa shape index (κ2) is 15.0. The number of alkyl halides is 3. The Morgan fingerprint density at radius 1 is 0.541 bits per heavy atom. The lowest BCUT2D eigenvalue weighted by atomic mass is 9.66. The summed E-state index contributed by atoms with van der Waals surface area (Å²) in [7, 11) is 0. The van der Waals surface area contributed by atoms with Gasteiger partial charge in [-0.2, -0.15) is 0 Å². The molecule has 0 N–H and O–H groups in total. The van der Waals surface area contributed by atoms with Crippen molar-refractivity contribution < 1.29 is 13.2 Å². The molecule has 4 saturated carbocycles. The molecular weight excluding hydrogens is 465 g/mol. The fourth-order valence-corrected chi connectivity index (χ4v) is 9.18. The maximum absolute atomic E-state index is 15.1. The van der Waals surface area contributed by atoms with E-state index in [1.807, 2.05) is 0 Å². The second-order valence-electron chi connectivity index (χ2n) is 14.3. The molecule has 37 heavy (non-hydrogen) atoms. The molecule has 0 aliphatic heterocycles. The fraction of sp³-hybridized carbons (Fsp3) is 1.00. The summed E-state index contributed by atoms with van der Waals surface area (Å²) >= 11 is 0. The molecule has 0 bridgehead atoms. The molecule has 216 valence electrons. The van der Waals surface area contributed by atoms with Gasteiger partial charge >= 0.3 is 0 Å². The molecule has 0 radical (unpaired) electrons. The van der Waals surface area contributed by atoms with Gasteiger partial charge in [0.1, 0.15) is 18.5 Å². The highest BCUT2D eigenvalue weighted by Crippen LogP contribution is 2.46. The Balaban J connectivity index is 1.10. The fourth-order valence-electron chi connectivity index (χ4n) is 9.18. The summed E-state index contributed by atoms with van der Waals surface area (Å²) in [6, 6.07) is 0. The molecule has 0 aromatic carbocycles. The van der Waals surface area contributed by atoms with E-state index < -0.39 is 18.5 Å². The zero-order valence-electron chi connectivity index (χ0n) is 24.3. The maximum Gasteiger partial charge on any atom is 0.134 e. The van der Waals surface area contributed by atoms with Gasteiger partial charge in [-0.1, -0.05) is 84.5 Å². The van der Waals surface area contributed by atoms with Gasteiger partial charge in [0.05, 0.1) is 0 Å². The molecule has 4 fully saturated rings. The van der Waals surface area contributed by atoms with Crippen LogP contribution in [0.3, 0.4) is 0 Å². The molecule has 0 nitrogen and oxygen atoms in total. The van der Waals surface area contributed by atoms with Gasteiger partial charge < -0.3 is 0 Å². The van der Waals surface area contributed by atoms with Crippen molar-refractivity contribution in [1.29, 1.82) is 0 Å². The minimum Gasteiger partial charge on any atom is -0.247 e. The first-order valence-electron chi connectivity index (χ1n) is 16.9. The highest BCUT2D eigenvalue weighted by molar-refractivity contribution is 4.92. The van der Waals surface area contributed by atoms with Crippen molar-refractivity contribution in [2.45, 2.75) is 167 Å². The molecule has 4 aliphatic rings. The number of rotatable bonds is 11. The molecule has 4 rings (SSSR count). The Morgan fingerprint density at radius 3 is 1.86 bits per heavy atom. The number of unbranched alkanes of at least 4 members (excludes halogenated alkanes) is 3. The summed E-state index contributed by atoms with van der Waals surface area (Å²) in [5.41, 5.74) is 0. The number of hydrogen-bond acceptors (Lipinski definition) is 0. The van der Waals surface area contributed by atoms with E-state index >= 15 is 13.2 Å². The molecule has 0 saturated heterocycles. The Labute approximate surface area is 227 Å². The van der Waals surface area contributed by atoms with Crippen LogP contribution in [0, 0.1) is 47.3 Å². The van der Waals surface area contributed by atoms with E-state index in [0.29, 0.717) is 23.7 Å². The third kappa shape index (κ3) is 8.39. The van der Waals surface area contributed by atoms with Crippen molar-refractivity contribution >= 4 is 0 Å². The van der Waals surface area contributed by atoms with Gasteiger partial charge in [-0.05, 0) is 112 Å². The van der Waals surface area contributed by atoms with Crippen molar-refractivity contribution in [3.8, 4) is 0 Å². The Bertz CT molecular complexity index is 621. The summed E-state index contributed by atoms with van der Waals surface area (Å²) in [5, 5.41) is 0. The first-order chi connectivity index (χ1) is 18.0. The standard InChI is InChI=1S/C34H59F3/c1-3-4-5-6-8-26-15-21-30(32(35)23-26)27-18-13-25(14-19-27)9-7-10-29-20-22-31(34(37)33(29)36)28-16-11-24(2)12-17-28/h24-34H,3-23H2,1-2H3. The lowest BCUT2D eigenvalue weighted by molar-refractivity contribution is -0.0143. The van der Waals surface area contributed by atoms with Crippen LogP contribution in [0.1, 0.15) is 149 Å². The first kappa shape index (κ1) is 29.8. The van der Waals surface area contributed by atoms with Gasteiger partial charge in [-0.25, -0.2) is 13.2 Å². The molecule has 0 heterocycles. The van der Waals surface area contributed by atoms with Gasteiger partial charge in [0.15, 0.2) is 0 Å². The SMILES string of the molecule is CCCCCCC1CCC(C2CCC(CCCC3CCC(C4CCC(C)CC4)C(F)C3F)CC2)C(F)C1. The summed E-state index contributed by atoms with van der Waals surface area (Å²) in [4.78, 5) is 0. The average molecular weight is 525 g/mol. The van der Waals surface area contributed by atoms with E-state index in [0.717, 1.165) is 63.2 Å². The Kier molecular flexibility index (Phi) is 12.0. The molecule has 3 heteroatoms. The number of halogens is 3. The van der Waals surface area contributed by atoms with Crippen LogP contribution in [-0.4, -0.2) is 18.5 Å². The van der Waals surface area contributed by atoms with Crippen LogP contribution < -0.4 is 0 Å². The van der Waals surface area contributed by atoms with E-state index in [9.17, 15) is 0 Å². The molecule has 0 aromatic heterocycles. The minimum atomic E-state index is -1.24. The average Bonchev–Trinajstić information content (AvgIpc) is 2.90. The number of hydrogen-bond donors (Lipinski definition) is 0. The van der Waals surface area contributed by atoms with E-state index in [1.54, 1.807) is 0 Å². The molecule has 0 spiro atoms. The van der Waals surface area contributed by atoms with Crippen LogP contribution in [-0.2, 0) is 0 Å². The van der Waals surface area contributed by atoms with Gasteiger partial charge in [-0.15, -0.1) is 0 Å². The molecule has 7 unspecified atom stereocenters. The summed E-state index contributed by atoms with van der Waals surface area (Å²) in [6.07, 6.45) is 20.9. The quantitative estimate of drug-likeness (QED) is 0.236. The van der Waals surface area contributed by atoms with Crippen LogP contribution in [0.15, 0.2) is 0 Å². The zero-order chi connectivity index (χ0) is 26.2. The van der Waals surface area contributed by atoms with E-state index in [4.69, 9.17) is 0 Å². The zero-order valence-corrected chi connectivity index (χ0v) is 24.3. The smallest absolute Gasteiger partial charge is 0.134 e. The highest BCUT2D eigenvalue weighted by atomic mass is 19.2. The van der Waals surface area contributed by atoms with E-state index in [-0.39, 0.29) is 11.8 Å². The van der Waals surface area contributed by atoms with Crippen LogP contribution in [0.2, 0.25) is 0 Å². The Morgan fingerprint density at radius 2 is 1.16 bits per heavy atom. The van der Waals surface area contributed by atoms with Crippen molar-refractivity contribution in [2.24, 2.45) is 47.3 Å². The Hall–Kier alpha value is -0.210. The molecule has 0 aromatic rings. The predicted molar refractivity (Wildman–Crippen MR) is 151 cm³/mol. The topological polar surface area (TPSA) is 0 Å². The van der Waals surface area contributed by atoms with Gasteiger partial charge in [0.2, 0.25) is 0 Å². The van der Waals surface area contributed by atoms with Crippen LogP contribution in [0.5, 0.6) is 0 Å². The maximum atomic E-state index is 15.1. The first-order valence-corrected chi connectivity index (χ1v) is 16.9. The molecule has 7 atom stereocenters. The van der Waals surface area contributed by atoms with Gasteiger partial charge in [0.25, 0.3) is 0 Å². The molecule has 0 amide bonds. The third-order valence-electron chi connectivity index (χ3n) is 11.8. The lowest BCUT2D eigenvalue weighted by Gasteiger charge is -2.41. The summed E-state index contributed by atoms with van der Waals surface area (Å²) in [5.74, 6) is 3.36. The van der Waals surface area contributed by atoms with Crippen LogP contribution in [0.4, 0.5) is 13.2 Å². The van der Waals surface area contributed by atoms with Crippen LogP contribution in [0.25, 0.3) is 0 Å². The third-order valence-corrected chi connectivity index (χ3v) is 11.8. The van der Waals surface area contributed by atoms with Crippen molar-refractivity contribution in [3.05, 3.63) is 0 Å². The largest absolute Gasteiger partial charge is 0.247 e. The highest BCUT2D eigenvalue weighted by Gasteiger charge is 2.43. The van der Waals surface area contributed by atoms with Crippen molar-refractivity contribution in [1.82, 2.24) is 0 Å². The molecular formula is C34H59F3. The van der Waals surface area contributed by atoms with Gasteiger partial charge in [-0.3, -0.25) is 0 Å². The monoisotopic (exact) mass is 524 g/mol. The second-order valence-corrected chi connectivity index (χ2v) is 14.3. The summed E-state index contributed by atoms with van der Waals surface area (Å²) < 4.78 is 45.3. The van der Waals surface area contributed by atoms with Crippen molar-refractivity contribution in [3.63, 3.8) is 0 Å². The van der Waals surface area contributed by atoms with Gasteiger partial charge in [0, 0.05) is 0 Å².